The van der Waals surface area contributed by atoms with Crippen LogP contribution in [0.25, 0.3) is 0 Å². The number of hydrogen-bond acceptors (Lipinski definition) is 5. The quantitative estimate of drug-likeness (QED) is 0.218. The standard InChI is InChI=1S/C23H37N5O3.HI/c1-3-24-23(26-16-18(2)28-12-14-30-15-13-28)25-11-10-19-4-8-21(9-5-19)31-17-22(29)27-20-6-7-20;/h4-5,8-9,18,20H,3,6-7,10-17H2,1-2H3,(H,27,29)(H2,24,25,26);1H. The molecule has 0 spiro atoms. The van der Waals surface area contributed by atoms with Crippen LogP contribution in [0.4, 0.5) is 0 Å². The highest BCUT2D eigenvalue weighted by atomic mass is 127. The Bertz CT molecular complexity index is 706. The number of morpholine rings is 1. The number of amides is 1. The lowest BCUT2D eigenvalue weighted by Gasteiger charge is -2.31. The molecular weight excluding hydrogens is 521 g/mol. The molecule has 3 N–H and O–H groups in total. The number of carbonyl (C=O) groups is 1. The molecule has 1 atom stereocenters. The molecule has 2 fully saturated rings. The molecule has 8 nitrogen and oxygen atoms in total. The molecule has 9 heteroatoms. The molecule has 2 aliphatic rings. The first-order chi connectivity index (χ1) is 15.1. The number of benzene rings is 1. The predicted molar refractivity (Wildman–Crippen MR) is 138 cm³/mol. The summed E-state index contributed by atoms with van der Waals surface area (Å²) in [5.74, 6) is 1.52. The molecule has 1 aliphatic carbocycles. The van der Waals surface area contributed by atoms with Gasteiger partial charge >= 0.3 is 0 Å². The van der Waals surface area contributed by atoms with Crippen LogP contribution in [0.2, 0.25) is 0 Å². The Balaban J connectivity index is 0.00000363. The topological polar surface area (TPSA) is 87.2 Å². The third-order valence-electron chi connectivity index (χ3n) is 5.47. The summed E-state index contributed by atoms with van der Waals surface area (Å²) in [6, 6.07) is 8.69. The normalized spacial score (nSPS) is 17.8. The van der Waals surface area contributed by atoms with Crippen molar-refractivity contribution < 1.29 is 14.3 Å². The summed E-state index contributed by atoms with van der Waals surface area (Å²) in [6.45, 7) is 10.3. The highest BCUT2D eigenvalue weighted by molar-refractivity contribution is 14.0. The van der Waals surface area contributed by atoms with Crippen molar-refractivity contribution in [3.8, 4) is 5.75 Å². The molecule has 1 saturated carbocycles. The van der Waals surface area contributed by atoms with Gasteiger partial charge in [0.25, 0.3) is 5.91 Å². The van der Waals surface area contributed by atoms with E-state index in [1.807, 2.05) is 24.3 Å². The smallest absolute Gasteiger partial charge is 0.258 e. The van der Waals surface area contributed by atoms with Crippen LogP contribution >= 0.6 is 24.0 Å². The summed E-state index contributed by atoms with van der Waals surface area (Å²) >= 11 is 0. The Labute approximate surface area is 208 Å². The number of carbonyl (C=O) groups excluding carboxylic acids is 1. The highest BCUT2D eigenvalue weighted by Gasteiger charge is 2.23. The highest BCUT2D eigenvalue weighted by Crippen LogP contribution is 2.18. The van der Waals surface area contributed by atoms with Gasteiger partial charge in [0.15, 0.2) is 12.6 Å². The third-order valence-corrected chi connectivity index (χ3v) is 5.47. The lowest BCUT2D eigenvalue weighted by atomic mass is 10.1. The van der Waals surface area contributed by atoms with E-state index >= 15 is 0 Å². The van der Waals surface area contributed by atoms with Gasteiger partial charge in [-0.2, -0.15) is 0 Å². The van der Waals surface area contributed by atoms with Crippen LogP contribution in [0.5, 0.6) is 5.75 Å². The molecule has 32 heavy (non-hydrogen) atoms. The Kier molecular flexibility index (Phi) is 12.1. The first kappa shape index (κ1) is 26.7. The second kappa shape index (κ2) is 14.5. The van der Waals surface area contributed by atoms with Gasteiger partial charge in [-0.15, -0.1) is 24.0 Å². The lowest BCUT2D eigenvalue weighted by Crippen LogP contribution is -2.44. The van der Waals surface area contributed by atoms with E-state index in [0.29, 0.717) is 12.1 Å². The molecule has 1 amide bonds. The molecule has 1 aromatic rings. The molecule has 1 saturated heterocycles. The minimum atomic E-state index is -0.0473. The molecule has 1 unspecified atom stereocenters. The summed E-state index contributed by atoms with van der Waals surface area (Å²) in [7, 11) is 0. The van der Waals surface area contributed by atoms with Crippen LogP contribution in [-0.4, -0.2) is 81.4 Å². The van der Waals surface area contributed by atoms with Crippen molar-refractivity contribution in [1.82, 2.24) is 20.9 Å². The van der Waals surface area contributed by atoms with E-state index in [2.05, 4.69) is 34.7 Å². The van der Waals surface area contributed by atoms with E-state index in [0.717, 1.165) is 76.9 Å². The van der Waals surface area contributed by atoms with Gasteiger partial charge < -0.3 is 25.4 Å². The summed E-state index contributed by atoms with van der Waals surface area (Å²) in [4.78, 5) is 18.9. The Morgan fingerprint density at radius 3 is 2.59 bits per heavy atom. The van der Waals surface area contributed by atoms with Gasteiger partial charge in [0.1, 0.15) is 5.75 Å². The number of aliphatic imine (C=N–C) groups is 1. The van der Waals surface area contributed by atoms with E-state index < -0.39 is 0 Å². The van der Waals surface area contributed by atoms with Gasteiger partial charge in [0, 0.05) is 38.3 Å². The van der Waals surface area contributed by atoms with Crippen LogP contribution in [0, 0.1) is 0 Å². The molecule has 0 radical (unpaired) electrons. The molecule has 0 bridgehead atoms. The summed E-state index contributed by atoms with van der Waals surface area (Å²) in [6.07, 6.45) is 3.05. The van der Waals surface area contributed by atoms with Crippen LogP contribution in [0.3, 0.4) is 0 Å². The molecular formula is C23H38IN5O3. The first-order valence-corrected chi connectivity index (χ1v) is 11.5. The van der Waals surface area contributed by atoms with Crippen LogP contribution in [0.1, 0.15) is 32.3 Å². The van der Waals surface area contributed by atoms with Gasteiger partial charge in [-0.05, 0) is 50.8 Å². The number of nitrogens with one attached hydrogen (secondary N) is 3. The Hall–Kier alpha value is -1.59. The van der Waals surface area contributed by atoms with Crippen molar-refractivity contribution in [2.45, 2.75) is 45.2 Å². The molecule has 180 valence electrons. The molecule has 1 aliphatic heterocycles. The van der Waals surface area contributed by atoms with Gasteiger partial charge in [0.05, 0.1) is 19.8 Å². The fourth-order valence-electron chi connectivity index (χ4n) is 3.42. The van der Waals surface area contributed by atoms with Crippen molar-refractivity contribution >= 4 is 35.8 Å². The van der Waals surface area contributed by atoms with Crippen molar-refractivity contribution in [3.63, 3.8) is 0 Å². The minimum Gasteiger partial charge on any atom is -0.484 e. The molecule has 1 heterocycles. The first-order valence-electron chi connectivity index (χ1n) is 11.5. The van der Waals surface area contributed by atoms with Crippen LogP contribution < -0.4 is 20.7 Å². The zero-order valence-corrected chi connectivity index (χ0v) is 21.6. The average Bonchev–Trinajstić information content (AvgIpc) is 3.61. The van der Waals surface area contributed by atoms with E-state index in [1.165, 1.54) is 5.56 Å². The molecule has 1 aromatic carbocycles. The fraction of sp³-hybridized carbons (Fsp3) is 0.652. The van der Waals surface area contributed by atoms with E-state index in [-0.39, 0.29) is 36.5 Å². The number of nitrogens with zero attached hydrogens (tertiary/aromatic N) is 2. The van der Waals surface area contributed by atoms with Gasteiger partial charge in [0.2, 0.25) is 0 Å². The lowest BCUT2D eigenvalue weighted by molar-refractivity contribution is -0.123. The zero-order valence-electron chi connectivity index (χ0n) is 19.3. The van der Waals surface area contributed by atoms with Gasteiger partial charge in [-0.3, -0.25) is 14.7 Å². The van der Waals surface area contributed by atoms with Crippen LogP contribution in [0.15, 0.2) is 29.3 Å². The number of rotatable bonds is 11. The fourth-order valence-corrected chi connectivity index (χ4v) is 3.42. The van der Waals surface area contributed by atoms with Crippen molar-refractivity contribution in [3.05, 3.63) is 29.8 Å². The maximum atomic E-state index is 11.7. The molecule has 3 rings (SSSR count). The second-order valence-electron chi connectivity index (χ2n) is 8.17. The zero-order chi connectivity index (χ0) is 21.9. The van der Waals surface area contributed by atoms with Gasteiger partial charge in [-0.25, -0.2) is 0 Å². The van der Waals surface area contributed by atoms with Crippen LogP contribution in [-0.2, 0) is 16.0 Å². The number of halogens is 1. The van der Waals surface area contributed by atoms with E-state index in [9.17, 15) is 4.79 Å². The van der Waals surface area contributed by atoms with Crippen molar-refractivity contribution in [2.75, 3.05) is 52.5 Å². The van der Waals surface area contributed by atoms with E-state index in [1.54, 1.807) is 0 Å². The second-order valence-corrected chi connectivity index (χ2v) is 8.17. The maximum Gasteiger partial charge on any atom is 0.258 e. The number of guanidine groups is 1. The number of ether oxygens (including phenoxy) is 2. The predicted octanol–water partition coefficient (Wildman–Crippen LogP) is 1.78. The molecule has 0 aromatic heterocycles. The Morgan fingerprint density at radius 1 is 1.22 bits per heavy atom. The number of hydrogen-bond donors (Lipinski definition) is 3. The van der Waals surface area contributed by atoms with Crippen molar-refractivity contribution in [1.29, 1.82) is 0 Å². The minimum absolute atomic E-state index is 0. The average molecular weight is 559 g/mol. The summed E-state index contributed by atoms with van der Waals surface area (Å²) in [5, 5.41) is 9.66. The Morgan fingerprint density at radius 2 is 1.94 bits per heavy atom. The summed E-state index contributed by atoms with van der Waals surface area (Å²) in [5.41, 5.74) is 1.21. The SMILES string of the molecule is CCNC(=NCC(C)N1CCOCC1)NCCc1ccc(OCC(=O)NC2CC2)cc1.I. The van der Waals surface area contributed by atoms with E-state index in [4.69, 9.17) is 14.5 Å². The van der Waals surface area contributed by atoms with Crippen molar-refractivity contribution in [2.24, 2.45) is 4.99 Å². The summed E-state index contributed by atoms with van der Waals surface area (Å²) < 4.78 is 11.0. The van der Waals surface area contributed by atoms with Gasteiger partial charge in [-0.1, -0.05) is 12.1 Å². The third kappa shape index (κ3) is 9.91. The maximum absolute atomic E-state index is 11.7. The largest absolute Gasteiger partial charge is 0.484 e. The monoisotopic (exact) mass is 559 g/mol.